The van der Waals surface area contributed by atoms with Crippen LogP contribution in [0, 0.1) is 0 Å². The number of aromatic hydroxyl groups is 1. The molecule has 3 nitrogen and oxygen atoms in total. The van der Waals surface area contributed by atoms with Crippen LogP contribution in [0.3, 0.4) is 0 Å². The first-order valence-corrected chi connectivity index (χ1v) is 4.32. The second-order valence-electron chi connectivity index (χ2n) is 2.91. The van der Waals surface area contributed by atoms with E-state index in [1.807, 2.05) is 24.3 Å². The minimum atomic E-state index is 0.254. The van der Waals surface area contributed by atoms with Crippen LogP contribution in [-0.2, 0) is 0 Å². The quantitative estimate of drug-likeness (QED) is 0.549. The number of phenols is 1. The third kappa shape index (κ3) is 2.01. The van der Waals surface area contributed by atoms with Crippen molar-refractivity contribution in [3.05, 3.63) is 48.6 Å². The number of benzene rings is 1. The van der Waals surface area contributed by atoms with Gasteiger partial charge in [0.1, 0.15) is 5.75 Å². The standard InChI is InChI=1S/C11H10N2O/c14-11-7-5-10(6-8-11)13-12-9-3-1-2-4-9/h1-8,13-14H. The molecule has 0 unspecified atom stereocenters. The van der Waals surface area contributed by atoms with E-state index in [1.54, 1.807) is 24.3 Å². The molecule has 3 heteroatoms. The predicted octanol–water partition coefficient (Wildman–Crippen LogP) is 2.29. The van der Waals surface area contributed by atoms with Gasteiger partial charge < -0.3 is 5.11 Å². The molecule has 0 radical (unpaired) electrons. The molecular weight excluding hydrogens is 176 g/mol. The number of allylic oxidation sites excluding steroid dienone is 4. The summed E-state index contributed by atoms with van der Waals surface area (Å²) in [7, 11) is 0. The Morgan fingerprint density at radius 3 is 2.29 bits per heavy atom. The maximum Gasteiger partial charge on any atom is 0.115 e. The molecule has 2 rings (SSSR count). The molecule has 0 atom stereocenters. The van der Waals surface area contributed by atoms with E-state index in [2.05, 4.69) is 10.5 Å². The Morgan fingerprint density at radius 2 is 1.64 bits per heavy atom. The summed E-state index contributed by atoms with van der Waals surface area (Å²) in [6, 6.07) is 6.76. The second-order valence-corrected chi connectivity index (χ2v) is 2.91. The van der Waals surface area contributed by atoms with Crippen LogP contribution in [-0.4, -0.2) is 10.8 Å². The van der Waals surface area contributed by atoms with Crippen LogP contribution in [0.5, 0.6) is 5.75 Å². The number of hydrazone groups is 1. The third-order valence-corrected chi connectivity index (χ3v) is 1.83. The fourth-order valence-electron chi connectivity index (χ4n) is 1.10. The Kier molecular flexibility index (Phi) is 2.32. The monoisotopic (exact) mass is 186 g/mol. The summed E-state index contributed by atoms with van der Waals surface area (Å²) in [5, 5.41) is 13.2. The summed E-state index contributed by atoms with van der Waals surface area (Å²) in [6.07, 6.45) is 7.68. The first kappa shape index (κ1) is 8.56. The Labute approximate surface area is 82.1 Å². The predicted molar refractivity (Wildman–Crippen MR) is 57.4 cm³/mol. The number of nitrogens with zero attached hydrogens (tertiary/aromatic N) is 1. The maximum atomic E-state index is 9.05. The van der Waals surface area contributed by atoms with E-state index in [4.69, 9.17) is 5.11 Å². The number of rotatable bonds is 2. The van der Waals surface area contributed by atoms with Crippen molar-refractivity contribution in [3.8, 4) is 5.75 Å². The number of nitrogens with one attached hydrogen (secondary N) is 1. The van der Waals surface area contributed by atoms with Gasteiger partial charge in [-0.05, 0) is 36.4 Å². The van der Waals surface area contributed by atoms with Gasteiger partial charge in [-0.25, -0.2) is 0 Å². The average Bonchev–Trinajstić information content (AvgIpc) is 2.70. The Balaban J connectivity index is 2.04. The molecule has 0 aromatic heterocycles. The molecule has 1 aromatic carbocycles. The fourth-order valence-corrected chi connectivity index (χ4v) is 1.10. The third-order valence-electron chi connectivity index (χ3n) is 1.83. The van der Waals surface area contributed by atoms with Gasteiger partial charge in [-0.3, -0.25) is 5.43 Å². The number of hydrogen-bond donors (Lipinski definition) is 2. The van der Waals surface area contributed by atoms with Crippen molar-refractivity contribution >= 4 is 11.4 Å². The van der Waals surface area contributed by atoms with E-state index in [0.29, 0.717) is 0 Å². The first-order chi connectivity index (χ1) is 6.84. The van der Waals surface area contributed by atoms with Crippen molar-refractivity contribution in [1.82, 2.24) is 0 Å². The van der Waals surface area contributed by atoms with Crippen molar-refractivity contribution < 1.29 is 5.11 Å². The summed E-state index contributed by atoms with van der Waals surface area (Å²) in [4.78, 5) is 0. The van der Waals surface area contributed by atoms with E-state index < -0.39 is 0 Å². The molecule has 0 bridgehead atoms. The highest BCUT2D eigenvalue weighted by atomic mass is 16.3. The van der Waals surface area contributed by atoms with Crippen LogP contribution in [0.4, 0.5) is 5.69 Å². The van der Waals surface area contributed by atoms with E-state index in [0.717, 1.165) is 11.4 Å². The van der Waals surface area contributed by atoms with Crippen LogP contribution in [0.1, 0.15) is 0 Å². The fraction of sp³-hybridized carbons (Fsp3) is 0. The molecule has 0 fully saturated rings. The Hall–Kier alpha value is -2.03. The SMILES string of the molecule is Oc1ccc(NN=C2C=CC=C2)cc1. The van der Waals surface area contributed by atoms with Crippen molar-refractivity contribution in [2.75, 3.05) is 5.43 Å². The maximum absolute atomic E-state index is 9.05. The van der Waals surface area contributed by atoms with Crippen LogP contribution in [0.15, 0.2) is 53.7 Å². The minimum Gasteiger partial charge on any atom is -0.508 e. The lowest BCUT2D eigenvalue weighted by molar-refractivity contribution is 0.475. The molecule has 1 aliphatic carbocycles. The van der Waals surface area contributed by atoms with Gasteiger partial charge in [0, 0.05) is 0 Å². The van der Waals surface area contributed by atoms with Crippen molar-refractivity contribution in [1.29, 1.82) is 0 Å². The molecule has 1 aliphatic rings. The number of anilines is 1. The normalized spacial score (nSPS) is 13.3. The number of hydrogen-bond acceptors (Lipinski definition) is 3. The summed E-state index contributed by atoms with van der Waals surface area (Å²) in [5.74, 6) is 0.254. The Morgan fingerprint density at radius 1 is 1.00 bits per heavy atom. The van der Waals surface area contributed by atoms with Gasteiger partial charge in [0.15, 0.2) is 0 Å². The van der Waals surface area contributed by atoms with E-state index in [9.17, 15) is 0 Å². The molecule has 0 amide bonds. The lowest BCUT2D eigenvalue weighted by Gasteiger charge is -2.00. The average molecular weight is 186 g/mol. The van der Waals surface area contributed by atoms with Crippen molar-refractivity contribution in [3.63, 3.8) is 0 Å². The van der Waals surface area contributed by atoms with E-state index in [1.165, 1.54) is 0 Å². The van der Waals surface area contributed by atoms with Gasteiger partial charge in [0.25, 0.3) is 0 Å². The highest BCUT2D eigenvalue weighted by molar-refractivity contribution is 6.06. The second kappa shape index (κ2) is 3.79. The summed E-state index contributed by atoms with van der Waals surface area (Å²) < 4.78 is 0. The van der Waals surface area contributed by atoms with Crippen LogP contribution in [0.2, 0.25) is 0 Å². The molecular formula is C11H10N2O. The summed E-state index contributed by atoms with van der Waals surface area (Å²) in [5.41, 5.74) is 4.63. The zero-order chi connectivity index (χ0) is 9.80. The van der Waals surface area contributed by atoms with Gasteiger partial charge in [-0.1, -0.05) is 12.2 Å². The largest absolute Gasteiger partial charge is 0.508 e. The molecule has 0 saturated carbocycles. The van der Waals surface area contributed by atoms with Crippen molar-refractivity contribution in [2.45, 2.75) is 0 Å². The first-order valence-electron chi connectivity index (χ1n) is 4.32. The number of phenolic OH excluding ortho intramolecular Hbond substituents is 1. The topological polar surface area (TPSA) is 44.6 Å². The van der Waals surface area contributed by atoms with E-state index in [-0.39, 0.29) is 5.75 Å². The molecule has 1 aromatic rings. The lowest BCUT2D eigenvalue weighted by Crippen LogP contribution is -1.93. The van der Waals surface area contributed by atoms with Crippen LogP contribution < -0.4 is 5.43 Å². The Bertz CT molecular complexity index is 388. The molecule has 14 heavy (non-hydrogen) atoms. The minimum absolute atomic E-state index is 0.254. The lowest BCUT2D eigenvalue weighted by atomic mass is 10.3. The van der Waals surface area contributed by atoms with Gasteiger partial charge >= 0.3 is 0 Å². The molecule has 2 N–H and O–H groups in total. The summed E-state index contributed by atoms with van der Waals surface area (Å²) >= 11 is 0. The zero-order valence-corrected chi connectivity index (χ0v) is 7.51. The van der Waals surface area contributed by atoms with E-state index >= 15 is 0 Å². The molecule has 0 saturated heterocycles. The van der Waals surface area contributed by atoms with Gasteiger partial charge in [-0.15, -0.1) is 0 Å². The smallest absolute Gasteiger partial charge is 0.115 e. The molecule has 70 valence electrons. The molecule has 0 heterocycles. The van der Waals surface area contributed by atoms with Gasteiger partial charge in [0.05, 0.1) is 11.4 Å². The van der Waals surface area contributed by atoms with Gasteiger partial charge in [0.2, 0.25) is 0 Å². The van der Waals surface area contributed by atoms with Crippen molar-refractivity contribution in [2.24, 2.45) is 5.10 Å². The zero-order valence-electron chi connectivity index (χ0n) is 7.51. The summed E-state index contributed by atoms with van der Waals surface area (Å²) in [6.45, 7) is 0. The molecule has 0 spiro atoms. The van der Waals surface area contributed by atoms with Crippen LogP contribution in [0.25, 0.3) is 0 Å². The molecule has 0 aliphatic heterocycles. The highest BCUT2D eigenvalue weighted by Crippen LogP contribution is 2.13. The van der Waals surface area contributed by atoms with Crippen LogP contribution >= 0.6 is 0 Å². The highest BCUT2D eigenvalue weighted by Gasteiger charge is 1.93. The van der Waals surface area contributed by atoms with Gasteiger partial charge in [-0.2, -0.15) is 5.10 Å².